The molecule has 0 atom stereocenters. The highest BCUT2D eigenvalue weighted by Crippen LogP contribution is 2.18. The van der Waals surface area contributed by atoms with Crippen molar-refractivity contribution in [2.45, 2.75) is 6.92 Å². The highest BCUT2D eigenvalue weighted by Gasteiger charge is 2.08. The molecule has 25 heavy (non-hydrogen) atoms. The van der Waals surface area contributed by atoms with E-state index in [0.717, 1.165) is 5.69 Å². The smallest absolute Gasteiger partial charge is 0.227 e. The Morgan fingerprint density at radius 3 is 2.72 bits per heavy atom. The van der Waals surface area contributed by atoms with Crippen molar-refractivity contribution in [2.24, 2.45) is 0 Å². The van der Waals surface area contributed by atoms with Crippen LogP contribution in [0, 0.1) is 0 Å². The van der Waals surface area contributed by atoms with E-state index >= 15 is 0 Å². The number of anilines is 2. The number of fused-ring (bicyclic) bond motifs is 1. The van der Waals surface area contributed by atoms with Gasteiger partial charge in [0.05, 0.1) is 6.20 Å². The molecule has 0 saturated carbocycles. The molecule has 0 amide bonds. The molecular formula is C17H13ClN6O. The van der Waals surface area contributed by atoms with E-state index in [0.29, 0.717) is 23.0 Å². The molecule has 3 aromatic heterocycles. The number of rotatable bonds is 4. The maximum atomic E-state index is 11.4. The number of aromatic nitrogens is 5. The van der Waals surface area contributed by atoms with Gasteiger partial charge in [0.2, 0.25) is 11.2 Å². The largest absolute Gasteiger partial charge is 0.309 e. The van der Waals surface area contributed by atoms with E-state index in [4.69, 9.17) is 11.6 Å². The molecule has 0 aliphatic rings. The molecule has 0 fully saturated rings. The highest BCUT2D eigenvalue weighted by atomic mass is 35.5. The standard InChI is InChI=1S/C17H13ClN6O/c1-11(25)12-4-6-13(7-5-12)23-9-14(19-10-23)20-17-22-16(18)21-15-3-2-8-24(15)17/h2-10H,1H3,(H,20,21,22). The van der Waals surface area contributed by atoms with E-state index in [1.165, 1.54) is 0 Å². The summed E-state index contributed by atoms with van der Waals surface area (Å²) in [7, 11) is 0. The molecule has 7 nitrogen and oxygen atoms in total. The van der Waals surface area contributed by atoms with Crippen LogP contribution in [0.4, 0.5) is 11.8 Å². The van der Waals surface area contributed by atoms with Crippen LogP contribution in [0.25, 0.3) is 11.3 Å². The summed E-state index contributed by atoms with van der Waals surface area (Å²) >= 11 is 5.96. The van der Waals surface area contributed by atoms with Crippen molar-refractivity contribution in [3.05, 3.63) is 66.0 Å². The Balaban J connectivity index is 1.62. The van der Waals surface area contributed by atoms with Gasteiger partial charge in [-0.3, -0.25) is 9.20 Å². The van der Waals surface area contributed by atoms with Crippen LogP contribution in [0.2, 0.25) is 5.28 Å². The Morgan fingerprint density at radius 1 is 1.16 bits per heavy atom. The Bertz CT molecular complexity index is 1070. The molecule has 8 heteroatoms. The van der Waals surface area contributed by atoms with Crippen LogP contribution in [0.3, 0.4) is 0 Å². The Kier molecular flexibility index (Phi) is 3.70. The molecule has 1 N–H and O–H groups in total. The number of Topliss-reactive ketones (excluding diaryl/α,β-unsaturated/α-hetero) is 1. The van der Waals surface area contributed by atoms with E-state index in [2.05, 4.69) is 20.3 Å². The van der Waals surface area contributed by atoms with Crippen molar-refractivity contribution in [2.75, 3.05) is 5.32 Å². The third-order valence-electron chi connectivity index (χ3n) is 3.75. The van der Waals surface area contributed by atoms with Gasteiger partial charge in [-0.25, -0.2) is 4.98 Å². The molecule has 0 aliphatic heterocycles. The summed E-state index contributed by atoms with van der Waals surface area (Å²) in [5.41, 5.74) is 2.27. The van der Waals surface area contributed by atoms with Crippen LogP contribution in [0.1, 0.15) is 17.3 Å². The predicted molar refractivity (Wildman–Crippen MR) is 94.8 cm³/mol. The van der Waals surface area contributed by atoms with Crippen molar-refractivity contribution in [1.82, 2.24) is 23.9 Å². The number of carbonyl (C=O) groups excluding carboxylic acids is 1. The first-order valence-electron chi connectivity index (χ1n) is 7.53. The molecule has 0 saturated heterocycles. The monoisotopic (exact) mass is 352 g/mol. The fraction of sp³-hybridized carbons (Fsp3) is 0.0588. The zero-order valence-corrected chi connectivity index (χ0v) is 14.0. The lowest BCUT2D eigenvalue weighted by molar-refractivity contribution is 0.101. The number of ketones is 1. The van der Waals surface area contributed by atoms with E-state index < -0.39 is 0 Å². The minimum Gasteiger partial charge on any atom is -0.309 e. The van der Waals surface area contributed by atoms with Gasteiger partial charge in [0.1, 0.15) is 12.0 Å². The summed E-state index contributed by atoms with van der Waals surface area (Å²) in [6.45, 7) is 1.54. The number of nitrogens with one attached hydrogen (secondary N) is 1. The lowest BCUT2D eigenvalue weighted by Gasteiger charge is -2.06. The predicted octanol–water partition coefficient (Wildman–Crippen LogP) is 3.51. The van der Waals surface area contributed by atoms with Crippen LogP contribution in [-0.2, 0) is 0 Å². The quantitative estimate of drug-likeness (QED) is 0.569. The number of halogens is 1. The summed E-state index contributed by atoms with van der Waals surface area (Å²) in [6, 6.07) is 11.0. The maximum absolute atomic E-state index is 11.4. The minimum atomic E-state index is 0.0379. The topological polar surface area (TPSA) is 77.1 Å². The molecule has 124 valence electrons. The summed E-state index contributed by atoms with van der Waals surface area (Å²) in [4.78, 5) is 24.0. The third kappa shape index (κ3) is 2.97. The fourth-order valence-electron chi connectivity index (χ4n) is 2.50. The zero-order chi connectivity index (χ0) is 17.4. The molecule has 0 radical (unpaired) electrons. The Morgan fingerprint density at radius 2 is 1.96 bits per heavy atom. The fourth-order valence-corrected chi connectivity index (χ4v) is 2.67. The molecule has 0 bridgehead atoms. The summed E-state index contributed by atoms with van der Waals surface area (Å²) in [6.07, 6.45) is 5.35. The minimum absolute atomic E-state index is 0.0379. The molecule has 0 unspecified atom stereocenters. The zero-order valence-electron chi connectivity index (χ0n) is 13.2. The van der Waals surface area contributed by atoms with Crippen LogP contribution >= 0.6 is 11.6 Å². The summed E-state index contributed by atoms with van der Waals surface area (Å²) < 4.78 is 3.63. The molecule has 0 spiro atoms. The SMILES string of the molecule is CC(=O)c1ccc(-n2cnc(Nc3nc(Cl)nc4cccn34)c2)cc1. The maximum Gasteiger partial charge on any atom is 0.227 e. The second-order valence-electron chi connectivity index (χ2n) is 5.45. The second-order valence-corrected chi connectivity index (χ2v) is 5.78. The number of hydrogen-bond donors (Lipinski definition) is 1. The van der Waals surface area contributed by atoms with Gasteiger partial charge >= 0.3 is 0 Å². The lowest BCUT2D eigenvalue weighted by atomic mass is 10.1. The van der Waals surface area contributed by atoms with Crippen LogP contribution in [0.5, 0.6) is 0 Å². The Hall–Kier alpha value is -3.19. The van der Waals surface area contributed by atoms with Gasteiger partial charge in [-0.2, -0.15) is 9.97 Å². The van der Waals surface area contributed by atoms with Crippen LogP contribution < -0.4 is 5.32 Å². The normalized spacial score (nSPS) is 11.0. The molecule has 0 aliphatic carbocycles. The summed E-state index contributed by atoms with van der Waals surface area (Å²) in [5, 5.41) is 3.30. The van der Waals surface area contributed by atoms with E-state index in [1.54, 1.807) is 29.8 Å². The van der Waals surface area contributed by atoms with Crippen LogP contribution in [-0.4, -0.2) is 29.7 Å². The van der Waals surface area contributed by atoms with Gasteiger partial charge in [0.15, 0.2) is 11.6 Å². The Labute approximate surface area is 147 Å². The second kappa shape index (κ2) is 6.03. The number of imidazole rings is 1. The first-order chi connectivity index (χ1) is 12.1. The first-order valence-corrected chi connectivity index (χ1v) is 7.91. The highest BCUT2D eigenvalue weighted by molar-refractivity contribution is 6.28. The first kappa shape index (κ1) is 15.3. The van der Waals surface area contributed by atoms with Crippen LogP contribution in [0.15, 0.2) is 55.1 Å². The van der Waals surface area contributed by atoms with E-state index in [9.17, 15) is 4.79 Å². The van der Waals surface area contributed by atoms with Gasteiger partial charge in [-0.05, 0) is 54.9 Å². The van der Waals surface area contributed by atoms with Gasteiger partial charge in [-0.15, -0.1) is 0 Å². The van der Waals surface area contributed by atoms with Crippen molar-refractivity contribution in [3.63, 3.8) is 0 Å². The number of nitrogens with zero attached hydrogens (tertiary/aromatic N) is 5. The third-order valence-corrected chi connectivity index (χ3v) is 3.92. The molecule has 4 rings (SSSR count). The molecule has 4 aromatic rings. The van der Waals surface area contributed by atoms with E-state index in [1.807, 2.05) is 41.2 Å². The van der Waals surface area contributed by atoms with E-state index in [-0.39, 0.29) is 11.1 Å². The molecular weight excluding hydrogens is 340 g/mol. The molecule has 3 heterocycles. The van der Waals surface area contributed by atoms with Gasteiger partial charge in [0.25, 0.3) is 0 Å². The number of benzene rings is 1. The number of hydrogen-bond acceptors (Lipinski definition) is 5. The van der Waals surface area contributed by atoms with Crippen molar-refractivity contribution in [3.8, 4) is 5.69 Å². The average molecular weight is 353 g/mol. The average Bonchev–Trinajstić information content (AvgIpc) is 3.24. The van der Waals surface area contributed by atoms with Crippen molar-refractivity contribution in [1.29, 1.82) is 0 Å². The van der Waals surface area contributed by atoms with Gasteiger partial charge < -0.3 is 9.88 Å². The van der Waals surface area contributed by atoms with Crippen molar-refractivity contribution < 1.29 is 4.79 Å². The van der Waals surface area contributed by atoms with Gasteiger partial charge in [-0.1, -0.05) is 0 Å². The summed E-state index contributed by atoms with van der Waals surface area (Å²) in [5.74, 6) is 1.17. The molecule has 1 aromatic carbocycles. The van der Waals surface area contributed by atoms with Gasteiger partial charge in [0, 0.05) is 17.4 Å². The van der Waals surface area contributed by atoms with Crippen molar-refractivity contribution >= 4 is 34.8 Å². The lowest BCUT2D eigenvalue weighted by Crippen LogP contribution is -2.03. The number of carbonyl (C=O) groups is 1.